The highest BCUT2D eigenvalue weighted by Gasteiger charge is 2.26. The molecule has 2 N–H and O–H groups in total. The second-order valence-electron chi connectivity index (χ2n) is 5.67. The number of carbonyl (C=O) groups excluding carboxylic acids is 1. The van der Waals surface area contributed by atoms with Crippen LogP contribution in [-0.2, 0) is 15.0 Å². The second-order valence-corrected chi connectivity index (χ2v) is 5.67. The molecule has 0 aliphatic heterocycles. The molecule has 0 fully saturated rings. The fourth-order valence-corrected chi connectivity index (χ4v) is 2.18. The van der Waals surface area contributed by atoms with Crippen molar-refractivity contribution in [2.45, 2.75) is 51.5 Å². The summed E-state index contributed by atoms with van der Waals surface area (Å²) in [7, 11) is 0. The van der Waals surface area contributed by atoms with E-state index in [4.69, 9.17) is 5.11 Å². The number of rotatable bonds is 7. The van der Waals surface area contributed by atoms with Gasteiger partial charge >= 0.3 is 5.97 Å². The molecule has 1 aromatic carbocycles. The van der Waals surface area contributed by atoms with E-state index in [2.05, 4.69) is 5.32 Å². The molecular formula is C16H23NO3. The van der Waals surface area contributed by atoms with Crippen molar-refractivity contribution >= 4 is 11.9 Å². The van der Waals surface area contributed by atoms with E-state index in [1.54, 1.807) is 0 Å². The molecule has 0 bridgehead atoms. The number of hydrogen-bond acceptors (Lipinski definition) is 2. The lowest BCUT2D eigenvalue weighted by atomic mass is 9.81. The molecule has 1 amide bonds. The van der Waals surface area contributed by atoms with Crippen molar-refractivity contribution in [3.05, 3.63) is 35.9 Å². The Morgan fingerprint density at radius 1 is 1.25 bits per heavy atom. The van der Waals surface area contributed by atoms with E-state index in [0.29, 0.717) is 6.42 Å². The van der Waals surface area contributed by atoms with Crippen molar-refractivity contribution in [3.8, 4) is 0 Å². The monoisotopic (exact) mass is 277 g/mol. The summed E-state index contributed by atoms with van der Waals surface area (Å²) < 4.78 is 0. The molecule has 1 atom stereocenters. The topological polar surface area (TPSA) is 66.4 Å². The maximum Gasteiger partial charge on any atom is 0.326 e. The number of carboxylic acid groups (broad SMARTS) is 1. The standard InChI is InChI=1S/C16H23NO3/c1-4-8-13(15(19)20)17-14(18)11-16(2,3)12-9-6-5-7-10-12/h5-7,9-10,13H,4,8,11H2,1-3H3,(H,17,18)(H,19,20). The van der Waals surface area contributed by atoms with Crippen molar-refractivity contribution in [1.29, 1.82) is 0 Å². The molecular weight excluding hydrogens is 254 g/mol. The maximum atomic E-state index is 12.0. The van der Waals surface area contributed by atoms with Crippen LogP contribution in [0.5, 0.6) is 0 Å². The van der Waals surface area contributed by atoms with Gasteiger partial charge in [0.25, 0.3) is 0 Å². The number of carboxylic acids is 1. The fraction of sp³-hybridized carbons (Fsp3) is 0.500. The Bertz CT molecular complexity index is 454. The lowest BCUT2D eigenvalue weighted by Crippen LogP contribution is -2.42. The Morgan fingerprint density at radius 3 is 2.35 bits per heavy atom. The Kier molecular flexibility index (Phi) is 5.74. The van der Waals surface area contributed by atoms with Crippen LogP contribution in [0, 0.1) is 0 Å². The van der Waals surface area contributed by atoms with Gasteiger partial charge in [0.1, 0.15) is 6.04 Å². The molecule has 0 saturated heterocycles. The minimum Gasteiger partial charge on any atom is -0.480 e. The first kappa shape index (κ1) is 16.2. The summed E-state index contributed by atoms with van der Waals surface area (Å²) in [4.78, 5) is 23.1. The summed E-state index contributed by atoms with van der Waals surface area (Å²) >= 11 is 0. The molecule has 0 radical (unpaired) electrons. The fourth-order valence-electron chi connectivity index (χ4n) is 2.18. The first-order chi connectivity index (χ1) is 9.36. The molecule has 0 spiro atoms. The van der Waals surface area contributed by atoms with E-state index in [1.165, 1.54) is 0 Å². The van der Waals surface area contributed by atoms with Gasteiger partial charge in [-0.1, -0.05) is 57.5 Å². The van der Waals surface area contributed by atoms with Gasteiger partial charge in [0, 0.05) is 6.42 Å². The summed E-state index contributed by atoms with van der Waals surface area (Å²) in [6.45, 7) is 5.87. The Morgan fingerprint density at radius 2 is 1.85 bits per heavy atom. The van der Waals surface area contributed by atoms with Gasteiger partial charge in [0.15, 0.2) is 0 Å². The minimum absolute atomic E-state index is 0.222. The molecule has 0 aromatic heterocycles. The third-order valence-corrected chi connectivity index (χ3v) is 3.37. The Labute approximate surface area is 120 Å². The van der Waals surface area contributed by atoms with E-state index in [1.807, 2.05) is 51.1 Å². The van der Waals surface area contributed by atoms with Crippen LogP contribution in [0.1, 0.15) is 45.6 Å². The second kappa shape index (κ2) is 7.08. The minimum atomic E-state index is -0.974. The third kappa shape index (κ3) is 4.68. The molecule has 1 rings (SSSR count). The van der Waals surface area contributed by atoms with E-state index >= 15 is 0 Å². The number of benzene rings is 1. The van der Waals surface area contributed by atoms with Crippen LogP contribution in [0.15, 0.2) is 30.3 Å². The third-order valence-electron chi connectivity index (χ3n) is 3.37. The van der Waals surface area contributed by atoms with E-state index in [0.717, 1.165) is 12.0 Å². The van der Waals surface area contributed by atoms with Gasteiger partial charge in [-0.05, 0) is 17.4 Å². The van der Waals surface area contributed by atoms with Crippen molar-refractivity contribution in [1.82, 2.24) is 5.32 Å². The normalized spacial score (nSPS) is 12.8. The van der Waals surface area contributed by atoms with Crippen LogP contribution in [0.3, 0.4) is 0 Å². The average molecular weight is 277 g/mol. The molecule has 1 unspecified atom stereocenters. The van der Waals surface area contributed by atoms with Gasteiger partial charge in [0.05, 0.1) is 0 Å². The molecule has 0 aliphatic carbocycles. The smallest absolute Gasteiger partial charge is 0.326 e. The van der Waals surface area contributed by atoms with Gasteiger partial charge in [-0.15, -0.1) is 0 Å². The van der Waals surface area contributed by atoms with Crippen LogP contribution in [-0.4, -0.2) is 23.0 Å². The van der Waals surface area contributed by atoms with Gasteiger partial charge in [-0.2, -0.15) is 0 Å². The number of nitrogens with one attached hydrogen (secondary N) is 1. The number of aliphatic carboxylic acids is 1. The Balaban J connectivity index is 2.67. The van der Waals surface area contributed by atoms with Crippen molar-refractivity contribution in [3.63, 3.8) is 0 Å². The van der Waals surface area contributed by atoms with Crippen molar-refractivity contribution in [2.24, 2.45) is 0 Å². The van der Waals surface area contributed by atoms with Gasteiger partial charge in [-0.3, -0.25) is 4.79 Å². The van der Waals surface area contributed by atoms with Crippen LogP contribution in [0.2, 0.25) is 0 Å². The molecule has 4 nitrogen and oxygen atoms in total. The zero-order valence-electron chi connectivity index (χ0n) is 12.3. The van der Waals surface area contributed by atoms with Crippen LogP contribution < -0.4 is 5.32 Å². The van der Waals surface area contributed by atoms with Crippen LogP contribution >= 0.6 is 0 Å². The van der Waals surface area contributed by atoms with Gasteiger partial charge < -0.3 is 10.4 Å². The molecule has 4 heteroatoms. The van der Waals surface area contributed by atoms with Gasteiger partial charge in [0.2, 0.25) is 5.91 Å². The lowest BCUT2D eigenvalue weighted by molar-refractivity contribution is -0.142. The molecule has 110 valence electrons. The number of carbonyl (C=O) groups is 2. The SMILES string of the molecule is CCCC(NC(=O)CC(C)(C)c1ccccc1)C(=O)O. The Hall–Kier alpha value is -1.84. The highest BCUT2D eigenvalue weighted by atomic mass is 16.4. The van der Waals surface area contributed by atoms with E-state index in [9.17, 15) is 9.59 Å². The highest BCUT2D eigenvalue weighted by Crippen LogP contribution is 2.26. The van der Waals surface area contributed by atoms with E-state index < -0.39 is 12.0 Å². The first-order valence-corrected chi connectivity index (χ1v) is 6.94. The summed E-state index contributed by atoms with van der Waals surface area (Å²) in [5.41, 5.74) is 0.748. The zero-order chi connectivity index (χ0) is 15.2. The molecule has 0 heterocycles. The lowest BCUT2D eigenvalue weighted by Gasteiger charge is -2.25. The molecule has 1 aromatic rings. The predicted molar refractivity (Wildman–Crippen MR) is 78.6 cm³/mol. The van der Waals surface area contributed by atoms with Crippen molar-refractivity contribution < 1.29 is 14.7 Å². The average Bonchev–Trinajstić information content (AvgIpc) is 2.38. The summed E-state index contributed by atoms with van der Waals surface area (Å²) in [6.07, 6.45) is 1.44. The number of hydrogen-bond donors (Lipinski definition) is 2. The molecule has 0 aliphatic rings. The maximum absolute atomic E-state index is 12.0. The largest absolute Gasteiger partial charge is 0.480 e. The quantitative estimate of drug-likeness (QED) is 0.805. The van der Waals surface area contributed by atoms with Gasteiger partial charge in [-0.25, -0.2) is 4.79 Å². The van der Waals surface area contributed by atoms with Crippen LogP contribution in [0.25, 0.3) is 0 Å². The number of amides is 1. The van der Waals surface area contributed by atoms with Crippen molar-refractivity contribution in [2.75, 3.05) is 0 Å². The molecule has 0 saturated carbocycles. The summed E-state index contributed by atoms with van der Waals surface area (Å²) in [5.74, 6) is -1.20. The first-order valence-electron chi connectivity index (χ1n) is 6.94. The highest BCUT2D eigenvalue weighted by molar-refractivity contribution is 5.84. The molecule has 20 heavy (non-hydrogen) atoms. The van der Waals surface area contributed by atoms with E-state index in [-0.39, 0.29) is 17.7 Å². The predicted octanol–water partition coefficient (Wildman–Crippen LogP) is 2.72. The summed E-state index contributed by atoms with van der Waals surface area (Å²) in [6, 6.07) is 8.97. The van der Waals surface area contributed by atoms with Crippen LogP contribution in [0.4, 0.5) is 0 Å². The zero-order valence-corrected chi connectivity index (χ0v) is 12.3. The summed E-state index contributed by atoms with van der Waals surface area (Å²) in [5, 5.41) is 11.7.